The number of carbonyl (C=O) groups excluding carboxylic acids is 1. The Morgan fingerprint density at radius 3 is 2.95 bits per heavy atom. The molecule has 1 aliphatic heterocycles. The van der Waals surface area contributed by atoms with Gasteiger partial charge in [-0.05, 0) is 38.5 Å². The third-order valence-corrected chi connectivity index (χ3v) is 3.46. The fourth-order valence-electron chi connectivity index (χ4n) is 2.42. The fraction of sp³-hybridized carbons (Fsp3) is 0.714. The molecule has 1 rings (SSSR count). The predicted molar refractivity (Wildman–Crippen MR) is 74.0 cm³/mol. The van der Waals surface area contributed by atoms with Crippen molar-refractivity contribution in [2.24, 2.45) is 5.92 Å². The number of likely N-dealkylation sites (tertiary alicyclic amines) is 1. The molecule has 0 saturated carbocycles. The summed E-state index contributed by atoms with van der Waals surface area (Å²) in [6.45, 7) is 7.03. The van der Waals surface area contributed by atoms with E-state index in [0.717, 1.165) is 25.8 Å². The van der Waals surface area contributed by atoms with Gasteiger partial charge < -0.3 is 15.3 Å². The van der Waals surface area contributed by atoms with Crippen molar-refractivity contribution in [3.8, 4) is 0 Å². The van der Waals surface area contributed by atoms with Crippen molar-refractivity contribution in [3.05, 3.63) is 12.7 Å². The number of nitrogens with zero attached hydrogens (tertiary/aromatic N) is 1. The van der Waals surface area contributed by atoms with E-state index in [9.17, 15) is 9.59 Å². The van der Waals surface area contributed by atoms with Gasteiger partial charge in [-0.2, -0.15) is 0 Å². The third kappa shape index (κ3) is 5.77. The van der Waals surface area contributed by atoms with Gasteiger partial charge in [0.15, 0.2) is 0 Å². The summed E-state index contributed by atoms with van der Waals surface area (Å²) in [7, 11) is 0. The molecular formula is C14H24N2O3. The highest BCUT2D eigenvalue weighted by Crippen LogP contribution is 2.21. The minimum atomic E-state index is -0.763. The smallest absolute Gasteiger partial charge is 0.317 e. The van der Waals surface area contributed by atoms with Crippen LogP contribution < -0.4 is 5.32 Å². The monoisotopic (exact) mass is 268 g/mol. The first-order valence-corrected chi connectivity index (χ1v) is 6.91. The van der Waals surface area contributed by atoms with Crippen molar-refractivity contribution in [3.63, 3.8) is 0 Å². The molecular weight excluding hydrogens is 244 g/mol. The highest BCUT2D eigenvalue weighted by Gasteiger charge is 2.24. The molecule has 1 heterocycles. The lowest BCUT2D eigenvalue weighted by Gasteiger charge is -2.33. The molecule has 2 amide bonds. The molecule has 2 unspecified atom stereocenters. The zero-order chi connectivity index (χ0) is 14.3. The molecule has 0 aromatic heterocycles. The Bertz CT molecular complexity index is 331. The number of urea groups is 1. The van der Waals surface area contributed by atoms with Crippen LogP contribution in [0.15, 0.2) is 12.7 Å². The summed E-state index contributed by atoms with van der Waals surface area (Å²) in [6.07, 6.45) is 5.35. The number of carboxylic acids is 1. The minimum absolute atomic E-state index is 0.0469. The standard InChI is InChI=1S/C14H24N2O3/c1-3-5-11(2)15-14(19)16-9-4-6-12(10-16)7-8-13(17)18/h3,11-12H,1,4-10H2,2H3,(H,15,19)(H,17,18). The van der Waals surface area contributed by atoms with Crippen LogP contribution in [-0.4, -0.2) is 41.1 Å². The molecule has 19 heavy (non-hydrogen) atoms. The van der Waals surface area contributed by atoms with Crippen LogP contribution in [0.3, 0.4) is 0 Å². The predicted octanol–water partition coefficient (Wildman–Crippen LogP) is 2.24. The molecule has 0 radical (unpaired) electrons. The molecule has 2 N–H and O–H groups in total. The highest BCUT2D eigenvalue weighted by atomic mass is 16.4. The third-order valence-electron chi connectivity index (χ3n) is 3.46. The molecule has 1 aliphatic rings. The summed E-state index contributed by atoms with van der Waals surface area (Å²) in [5.74, 6) is -0.452. The van der Waals surface area contributed by atoms with Gasteiger partial charge in [0, 0.05) is 25.6 Å². The van der Waals surface area contributed by atoms with E-state index < -0.39 is 5.97 Å². The number of amides is 2. The van der Waals surface area contributed by atoms with E-state index in [2.05, 4.69) is 11.9 Å². The van der Waals surface area contributed by atoms with Gasteiger partial charge in [-0.25, -0.2) is 4.79 Å². The average Bonchev–Trinajstić information content (AvgIpc) is 2.37. The van der Waals surface area contributed by atoms with Gasteiger partial charge in [0.05, 0.1) is 0 Å². The number of carboxylic acid groups (broad SMARTS) is 1. The Morgan fingerprint density at radius 2 is 2.32 bits per heavy atom. The van der Waals surface area contributed by atoms with Gasteiger partial charge in [-0.15, -0.1) is 6.58 Å². The molecule has 0 aromatic rings. The SMILES string of the molecule is C=CCC(C)NC(=O)N1CCCC(CCC(=O)O)C1. The summed E-state index contributed by atoms with van der Waals surface area (Å²) in [6, 6.07) is 0.0405. The van der Waals surface area contributed by atoms with Gasteiger partial charge >= 0.3 is 12.0 Å². The van der Waals surface area contributed by atoms with E-state index in [1.54, 1.807) is 11.0 Å². The van der Waals surface area contributed by atoms with Gasteiger partial charge in [-0.3, -0.25) is 4.79 Å². The average molecular weight is 268 g/mol. The van der Waals surface area contributed by atoms with Crippen LogP contribution in [0.25, 0.3) is 0 Å². The largest absolute Gasteiger partial charge is 0.481 e. The maximum absolute atomic E-state index is 12.0. The zero-order valence-corrected chi connectivity index (χ0v) is 11.6. The van der Waals surface area contributed by atoms with Crippen LogP contribution in [-0.2, 0) is 4.79 Å². The van der Waals surface area contributed by atoms with Crippen molar-refractivity contribution >= 4 is 12.0 Å². The summed E-state index contributed by atoms with van der Waals surface area (Å²) in [5.41, 5.74) is 0. The molecule has 108 valence electrons. The van der Waals surface area contributed by atoms with Gasteiger partial charge in [0.2, 0.25) is 0 Å². The topological polar surface area (TPSA) is 69.6 Å². The Morgan fingerprint density at radius 1 is 1.58 bits per heavy atom. The number of hydrogen-bond acceptors (Lipinski definition) is 2. The van der Waals surface area contributed by atoms with Crippen molar-refractivity contribution in [1.29, 1.82) is 0 Å². The quantitative estimate of drug-likeness (QED) is 0.726. The first-order valence-electron chi connectivity index (χ1n) is 6.91. The highest BCUT2D eigenvalue weighted by molar-refractivity contribution is 5.74. The van der Waals surface area contributed by atoms with E-state index in [0.29, 0.717) is 18.9 Å². The number of rotatable bonds is 6. The summed E-state index contributed by atoms with van der Waals surface area (Å²) in [4.78, 5) is 24.4. The normalized spacial score (nSPS) is 20.7. The molecule has 0 aromatic carbocycles. The van der Waals surface area contributed by atoms with Crippen molar-refractivity contribution in [2.75, 3.05) is 13.1 Å². The number of hydrogen-bond donors (Lipinski definition) is 2. The summed E-state index contributed by atoms with van der Waals surface area (Å²) >= 11 is 0. The van der Waals surface area contributed by atoms with Gasteiger partial charge in [-0.1, -0.05) is 6.08 Å². The molecule has 0 bridgehead atoms. The van der Waals surface area contributed by atoms with Crippen molar-refractivity contribution < 1.29 is 14.7 Å². The lowest BCUT2D eigenvalue weighted by molar-refractivity contribution is -0.137. The van der Waals surface area contributed by atoms with Crippen molar-refractivity contribution in [1.82, 2.24) is 10.2 Å². The van der Waals surface area contributed by atoms with Crippen LogP contribution in [0, 0.1) is 5.92 Å². The molecule has 1 saturated heterocycles. The number of carbonyl (C=O) groups is 2. The molecule has 2 atom stereocenters. The van der Waals surface area contributed by atoms with E-state index >= 15 is 0 Å². The van der Waals surface area contributed by atoms with E-state index in [4.69, 9.17) is 5.11 Å². The van der Waals surface area contributed by atoms with Gasteiger partial charge in [0.25, 0.3) is 0 Å². The van der Waals surface area contributed by atoms with E-state index in [-0.39, 0.29) is 18.5 Å². The lowest BCUT2D eigenvalue weighted by atomic mass is 9.93. The Kier molecular flexibility index (Phi) is 6.39. The number of piperidine rings is 1. The van der Waals surface area contributed by atoms with E-state index in [1.165, 1.54) is 0 Å². The summed E-state index contributed by atoms with van der Waals surface area (Å²) in [5, 5.41) is 11.6. The Balaban J connectivity index is 2.38. The van der Waals surface area contributed by atoms with Crippen LogP contribution >= 0.6 is 0 Å². The van der Waals surface area contributed by atoms with Gasteiger partial charge in [0.1, 0.15) is 0 Å². The van der Waals surface area contributed by atoms with E-state index in [1.807, 2.05) is 6.92 Å². The molecule has 1 fully saturated rings. The Labute approximate surface area is 114 Å². The fourth-order valence-corrected chi connectivity index (χ4v) is 2.42. The number of aliphatic carboxylic acids is 1. The van der Waals surface area contributed by atoms with Crippen LogP contribution in [0.1, 0.15) is 39.0 Å². The zero-order valence-electron chi connectivity index (χ0n) is 11.6. The second-order valence-electron chi connectivity index (χ2n) is 5.26. The Hall–Kier alpha value is -1.52. The van der Waals surface area contributed by atoms with Crippen LogP contribution in [0.2, 0.25) is 0 Å². The maximum atomic E-state index is 12.0. The van der Waals surface area contributed by atoms with Crippen molar-refractivity contribution in [2.45, 2.75) is 45.1 Å². The minimum Gasteiger partial charge on any atom is -0.481 e. The van der Waals surface area contributed by atoms with Crippen LogP contribution in [0.4, 0.5) is 4.79 Å². The molecule has 0 aliphatic carbocycles. The second kappa shape index (κ2) is 7.81. The first kappa shape index (κ1) is 15.5. The lowest BCUT2D eigenvalue weighted by Crippen LogP contribution is -2.48. The first-order chi connectivity index (χ1) is 9.02. The molecule has 0 spiro atoms. The number of nitrogens with one attached hydrogen (secondary N) is 1. The molecule has 5 nitrogen and oxygen atoms in total. The second-order valence-corrected chi connectivity index (χ2v) is 5.26. The maximum Gasteiger partial charge on any atom is 0.317 e. The summed E-state index contributed by atoms with van der Waals surface area (Å²) < 4.78 is 0. The molecule has 5 heteroatoms. The van der Waals surface area contributed by atoms with Crippen LogP contribution in [0.5, 0.6) is 0 Å².